The van der Waals surface area contributed by atoms with E-state index in [0.717, 1.165) is 15.7 Å². The van der Waals surface area contributed by atoms with E-state index < -0.39 is 5.97 Å². The maximum absolute atomic E-state index is 11.3. The molecule has 0 bridgehead atoms. The summed E-state index contributed by atoms with van der Waals surface area (Å²) in [6, 6.07) is 1.86. The van der Waals surface area contributed by atoms with E-state index in [1.165, 1.54) is 7.11 Å². The van der Waals surface area contributed by atoms with Crippen LogP contribution in [0.1, 0.15) is 21.9 Å². The molecule has 0 aliphatic heterocycles. The minimum Gasteiger partial charge on any atom is -0.463 e. The third-order valence-electron chi connectivity index (χ3n) is 2.33. The third kappa shape index (κ3) is 1.59. The fourth-order valence-corrected chi connectivity index (χ4v) is 1.76. The van der Waals surface area contributed by atoms with Crippen molar-refractivity contribution in [3.05, 3.63) is 27.6 Å². The number of esters is 1. The lowest BCUT2D eigenvalue weighted by Crippen LogP contribution is -2.04. The molecular weight excluding hydrogens is 274 g/mol. The number of pyridine rings is 1. The zero-order valence-corrected chi connectivity index (χ0v) is 10.7. The van der Waals surface area contributed by atoms with Crippen LogP contribution in [0.25, 0.3) is 5.65 Å². The Balaban J connectivity index is 2.71. The maximum atomic E-state index is 11.3. The summed E-state index contributed by atoms with van der Waals surface area (Å²) in [5, 5.41) is 4.09. The van der Waals surface area contributed by atoms with Crippen LogP contribution in [0.5, 0.6) is 0 Å². The molecule has 2 aromatic heterocycles. The molecule has 0 saturated carbocycles. The van der Waals surface area contributed by atoms with Crippen LogP contribution in [-0.4, -0.2) is 27.7 Å². The first-order valence-corrected chi connectivity index (χ1v) is 5.44. The van der Waals surface area contributed by atoms with Gasteiger partial charge in [-0.1, -0.05) is 0 Å². The summed E-state index contributed by atoms with van der Waals surface area (Å²) in [7, 11) is 1.31. The monoisotopic (exact) mass is 283 g/mol. The van der Waals surface area contributed by atoms with Crippen LogP contribution in [-0.2, 0) is 4.74 Å². The first-order chi connectivity index (χ1) is 7.54. The van der Waals surface area contributed by atoms with Gasteiger partial charge in [-0.15, -0.1) is 5.10 Å². The number of carbonyl (C=O) groups excluding carboxylic acids is 1. The number of hydrogen-bond acceptors (Lipinski definition) is 4. The summed E-state index contributed by atoms with van der Waals surface area (Å²) >= 11 is 3.46. The minimum atomic E-state index is -0.531. The Hall–Kier alpha value is -1.43. The highest BCUT2D eigenvalue weighted by Crippen LogP contribution is 2.22. The lowest BCUT2D eigenvalue weighted by molar-refractivity contribution is 0.0587. The number of carbonyl (C=O) groups is 1. The first kappa shape index (κ1) is 11.1. The van der Waals surface area contributed by atoms with Crippen LogP contribution in [0.15, 0.2) is 10.5 Å². The number of fused-ring (bicyclic) bond motifs is 1. The minimum absolute atomic E-state index is 0.0723. The molecule has 2 aromatic rings. The van der Waals surface area contributed by atoms with Crippen LogP contribution >= 0.6 is 15.9 Å². The zero-order valence-electron chi connectivity index (χ0n) is 9.11. The number of aromatic nitrogens is 3. The van der Waals surface area contributed by atoms with Gasteiger partial charge in [-0.05, 0) is 41.4 Å². The Morgan fingerprint density at radius 2 is 2.19 bits per heavy atom. The van der Waals surface area contributed by atoms with Gasteiger partial charge in [0, 0.05) is 4.47 Å². The molecule has 0 atom stereocenters. The summed E-state index contributed by atoms with van der Waals surface area (Å²) in [6.07, 6.45) is 0. The topological polar surface area (TPSA) is 56.5 Å². The van der Waals surface area contributed by atoms with E-state index >= 15 is 0 Å². The van der Waals surface area contributed by atoms with Crippen LogP contribution in [0, 0.1) is 13.8 Å². The van der Waals surface area contributed by atoms with Gasteiger partial charge in [-0.25, -0.2) is 14.3 Å². The van der Waals surface area contributed by atoms with Gasteiger partial charge in [0.25, 0.3) is 5.82 Å². The molecule has 84 valence electrons. The number of rotatable bonds is 1. The van der Waals surface area contributed by atoms with Crippen molar-refractivity contribution in [2.45, 2.75) is 13.8 Å². The van der Waals surface area contributed by atoms with Gasteiger partial charge < -0.3 is 4.74 Å². The van der Waals surface area contributed by atoms with Gasteiger partial charge >= 0.3 is 5.97 Å². The van der Waals surface area contributed by atoms with Crippen molar-refractivity contribution in [2.24, 2.45) is 0 Å². The Labute approximate surface area is 101 Å². The smallest absolute Gasteiger partial charge is 0.377 e. The molecule has 0 amide bonds. The number of halogens is 1. The number of methoxy groups -OCH3 is 1. The van der Waals surface area contributed by atoms with Crippen molar-refractivity contribution in [1.29, 1.82) is 0 Å². The largest absolute Gasteiger partial charge is 0.463 e. The van der Waals surface area contributed by atoms with Gasteiger partial charge in [0.15, 0.2) is 5.65 Å². The molecule has 0 aliphatic rings. The van der Waals surface area contributed by atoms with Crippen molar-refractivity contribution in [2.75, 3.05) is 7.11 Å². The Morgan fingerprint density at radius 3 is 2.81 bits per heavy atom. The van der Waals surface area contributed by atoms with Crippen molar-refractivity contribution in [3.8, 4) is 0 Å². The highest BCUT2D eigenvalue weighted by molar-refractivity contribution is 9.10. The Bertz CT molecular complexity index is 577. The highest BCUT2D eigenvalue weighted by atomic mass is 79.9. The van der Waals surface area contributed by atoms with Gasteiger partial charge in [0.05, 0.1) is 12.8 Å². The van der Waals surface area contributed by atoms with Crippen LogP contribution in [0.3, 0.4) is 0 Å². The molecular formula is C10H10BrN3O2. The van der Waals surface area contributed by atoms with Gasteiger partial charge in [-0.2, -0.15) is 0 Å². The molecule has 0 aromatic carbocycles. The quantitative estimate of drug-likeness (QED) is 0.750. The Morgan fingerprint density at radius 1 is 1.50 bits per heavy atom. The fraction of sp³-hybridized carbons (Fsp3) is 0.300. The van der Waals surface area contributed by atoms with E-state index in [1.807, 2.05) is 19.9 Å². The van der Waals surface area contributed by atoms with Gasteiger partial charge in [0.1, 0.15) is 0 Å². The second kappa shape index (κ2) is 3.86. The maximum Gasteiger partial charge on any atom is 0.377 e. The molecule has 2 heterocycles. The highest BCUT2D eigenvalue weighted by Gasteiger charge is 2.15. The molecule has 0 fully saturated rings. The van der Waals surface area contributed by atoms with E-state index in [4.69, 9.17) is 0 Å². The average Bonchev–Trinajstić information content (AvgIpc) is 2.69. The third-order valence-corrected chi connectivity index (χ3v) is 3.53. The van der Waals surface area contributed by atoms with Crippen molar-refractivity contribution in [3.63, 3.8) is 0 Å². The second-order valence-electron chi connectivity index (χ2n) is 3.42. The van der Waals surface area contributed by atoms with Gasteiger partial charge in [-0.3, -0.25) is 0 Å². The standard InChI is InChI=1S/C10H10BrN3O2/c1-5-4-7-12-9(10(15)16-3)13-14(7)6(2)8(5)11/h4H,1-3H3. The molecule has 2 rings (SSSR count). The normalized spacial score (nSPS) is 10.8. The lowest BCUT2D eigenvalue weighted by Gasteiger charge is -2.03. The van der Waals surface area contributed by atoms with Gasteiger partial charge in [0.2, 0.25) is 0 Å². The summed E-state index contributed by atoms with van der Waals surface area (Å²) in [6.45, 7) is 3.86. The van der Waals surface area contributed by atoms with Crippen LogP contribution in [0.2, 0.25) is 0 Å². The van der Waals surface area contributed by atoms with E-state index in [-0.39, 0.29) is 5.82 Å². The molecule has 5 nitrogen and oxygen atoms in total. The Kier molecular flexibility index (Phi) is 2.67. The number of hydrogen-bond donors (Lipinski definition) is 0. The number of nitrogens with zero attached hydrogens (tertiary/aromatic N) is 3. The lowest BCUT2D eigenvalue weighted by atomic mass is 10.2. The molecule has 0 aliphatic carbocycles. The van der Waals surface area contributed by atoms with Crippen LogP contribution < -0.4 is 0 Å². The van der Waals surface area contributed by atoms with E-state index in [2.05, 4.69) is 30.7 Å². The molecule has 16 heavy (non-hydrogen) atoms. The van der Waals surface area contributed by atoms with E-state index in [1.54, 1.807) is 4.52 Å². The molecule has 6 heteroatoms. The summed E-state index contributed by atoms with van der Waals surface area (Å²) in [5.41, 5.74) is 2.59. The number of ether oxygens (including phenoxy) is 1. The predicted molar refractivity (Wildman–Crippen MR) is 61.5 cm³/mol. The fourth-order valence-electron chi connectivity index (χ4n) is 1.48. The second-order valence-corrected chi connectivity index (χ2v) is 4.22. The SMILES string of the molecule is COC(=O)c1nc2cc(C)c(Br)c(C)n2n1. The van der Waals surface area contributed by atoms with Crippen molar-refractivity contribution >= 4 is 27.5 Å². The molecule has 0 radical (unpaired) electrons. The molecule has 0 unspecified atom stereocenters. The first-order valence-electron chi connectivity index (χ1n) is 4.65. The van der Waals surface area contributed by atoms with Crippen molar-refractivity contribution in [1.82, 2.24) is 14.6 Å². The molecule has 0 saturated heterocycles. The average molecular weight is 284 g/mol. The molecule has 0 N–H and O–H groups in total. The van der Waals surface area contributed by atoms with Crippen molar-refractivity contribution < 1.29 is 9.53 Å². The number of aryl methyl sites for hydroxylation is 2. The van der Waals surface area contributed by atoms with Crippen LogP contribution in [0.4, 0.5) is 0 Å². The summed E-state index contributed by atoms with van der Waals surface area (Å²) in [4.78, 5) is 15.4. The zero-order chi connectivity index (χ0) is 11.9. The predicted octanol–water partition coefficient (Wildman–Crippen LogP) is 1.90. The van der Waals surface area contributed by atoms with E-state index in [9.17, 15) is 4.79 Å². The summed E-state index contributed by atoms with van der Waals surface area (Å²) in [5.74, 6) is -0.458. The molecule has 0 spiro atoms. The summed E-state index contributed by atoms with van der Waals surface area (Å²) < 4.78 is 7.15. The van der Waals surface area contributed by atoms with E-state index in [0.29, 0.717) is 5.65 Å².